The van der Waals surface area contributed by atoms with E-state index >= 15 is 0 Å². The number of aryl methyl sites for hydroxylation is 2. The number of carbonyl (C=O) groups is 2. The molecule has 0 spiro atoms. The molecule has 1 heterocycles. The Morgan fingerprint density at radius 3 is 2.30 bits per heavy atom. The molecular formula is C22H20O4S. The van der Waals surface area contributed by atoms with E-state index < -0.39 is 5.97 Å². The van der Waals surface area contributed by atoms with Gasteiger partial charge in [0.15, 0.2) is 6.61 Å². The number of ketones is 1. The summed E-state index contributed by atoms with van der Waals surface area (Å²) in [7, 11) is 0. The molecule has 3 rings (SSSR count). The average molecular weight is 380 g/mol. The summed E-state index contributed by atoms with van der Waals surface area (Å²) < 4.78 is 10.8. The number of thiophene rings is 1. The van der Waals surface area contributed by atoms with Gasteiger partial charge in [-0.15, -0.1) is 11.3 Å². The first-order valence-corrected chi connectivity index (χ1v) is 9.39. The molecule has 0 aliphatic heterocycles. The van der Waals surface area contributed by atoms with Gasteiger partial charge in [0.1, 0.15) is 12.4 Å². The van der Waals surface area contributed by atoms with E-state index in [2.05, 4.69) is 0 Å². The number of benzene rings is 2. The highest BCUT2D eigenvalue weighted by Crippen LogP contribution is 2.21. The number of Topliss-reactive ketones (excluding diaryl/α,β-unsaturated/α-hetero) is 1. The second-order valence-electron chi connectivity index (χ2n) is 6.12. The number of esters is 1. The quantitative estimate of drug-likeness (QED) is 0.428. The monoisotopic (exact) mass is 380 g/mol. The smallest absolute Gasteiger partial charge is 0.338 e. The lowest BCUT2D eigenvalue weighted by molar-refractivity contribution is 0.0474. The van der Waals surface area contributed by atoms with Gasteiger partial charge in [-0.2, -0.15) is 0 Å². The fourth-order valence-electron chi connectivity index (χ4n) is 2.63. The molecule has 4 nitrogen and oxygen atoms in total. The number of ether oxygens (including phenoxy) is 2. The molecule has 0 atom stereocenters. The van der Waals surface area contributed by atoms with Crippen molar-refractivity contribution in [3.63, 3.8) is 0 Å². The maximum atomic E-state index is 12.2. The van der Waals surface area contributed by atoms with Gasteiger partial charge >= 0.3 is 5.97 Å². The summed E-state index contributed by atoms with van der Waals surface area (Å²) in [5.74, 6) is -0.0496. The Morgan fingerprint density at radius 1 is 0.963 bits per heavy atom. The van der Waals surface area contributed by atoms with Gasteiger partial charge in [-0.05, 0) is 49.7 Å². The largest absolute Gasteiger partial charge is 0.489 e. The fraction of sp³-hybridized carbons (Fsp3) is 0.182. The predicted octanol–water partition coefficient (Wildman–Crippen LogP) is 4.98. The summed E-state index contributed by atoms with van der Waals surface area (Å²) in [5.41, 5.74) is 2.07. The molecule has 2 aromatic carbocycles. The van der Waals surface area contributed by atoms with Crippen LogP contribution in [0.3, 0.4) is 0 Å². The second kappa shape index (κ2) is 8.64. The first-order chi connectivity index (χ1) is 13.0. The highest BCUT2D eigenvalue weighted by Gasteiger charge is 2.15. The zero-order valence-corrected chi connectivity index (χ0v) is 16.0. The number of hydrogen-bond donors (Lipinski definition) is 0. The van der Waals surface area contributed by atoms with Crippen LogP contribution >= 0.6 is 11.3 Å². The van der Waals surface area contributed by atoms with Crippen molar-refractivity contribution in [3.8, 4) is 5.75 Å². The Labute approximate surface area is 162 Å². The van der Waals surface area contributed by atoms with Gasteiger partial charge in [0, 0.05) is 15.3 Å². The van der Waals surface area contributed by atoms with Crippen LogP contribution in [0.25, 0.3) is 0 Å². The van der Waals surface area contributed by atoms with Crippen LogP contribution < -0.4 is 4.74 Å². The fourth-order valence-corrected chi connectivity index (χ4v) is 3.57. The maximum absolute atomic E-state index is 12.2. The van der Waals surface area contributed by atoms with Gasteiger partial charge in [-0.3, -0.25) is 4.79 Å². The Morgan fingerprint density at radius 2 is 1.67 bits per heavy atom. The molecule has 0 N–H and O–H groups in total. The third-order valence-corrected chi connectivity index (χ3v) is 4.98. The predicted molar refractivity (Wildman–Crippen MR) is 106 cm³/mol. The van der Waals surface area contributed by atoms with E-state index in [0.717, 1.165) is 15.3 Å². The molecule has 0 amide bonds. The highest BCUT2D eigenvalue weighted by molar-refractivity contribution is 7.12. The van der Waals surface area contributed by atoms with Crippen LogP contribution in [0, 0.1) is 13.8 Å². The number of hydrogen-bond acceptors (Lipinski definition) is 5. The summed E-state index contributed by atoms with van der Waals surface area (Å²) in [5, 5.41) is 0. The number of carbonyl (C=O) groups excluding carboxylic acids is 2. The molecule has 0 radical (unpaired) electrons. The normalized spacial score (nSPS) is 10.4. The van der Waals surface area contributed by atoms with Crippen LogP contribution in [0.1, 0.15) is 36.0 Å². The minimum atomic E-state index is -0.525. The average Bonchev–Trinajstić information content (AvgIpc) is 3.03. The van der Waals surface area contributed by atoms with Crippen LogP contribution in [-0.2, 0) is 11.3 Å². The van der Waals surface area contributed by atoms with Crippen molar-refractivity contribution < 1.29 is 19.1 Å². The van der Waals surface area contributed by atoms with Crippen LogP contribution in [-0.4, -0.2) is 18.4 Å². The Hall–Kier alpha value is -2.92. The van der Waals surface area contributed by atoms with Crippen molar-refractivity contribution in [3.05, 3.63) is 87.1 Å². The van der Waals surface area contributed by atoms with Crippen molar-refractivity contribution >= 4 is 23.1 Å². The van der Waals surface area contributed by atoms with E-state index in [1.165, 1.54) is 0 Å². The van der Waals surface area contributed by atoms with Crippen molar-refractivity contribution in [2.45, 2.75) is 20.5 Å². The summed E-state index contributed by atoms with van der Waals surface area (Å²) >= 11 is 1.56. The molecule has 0 aliphatic carbocycles. The van der Waals surface area contributed by atoms with E-state index in [1.54, 1.807) is 35.6 Å². The molecule has 0 fully saturated rings. The zero-order valence-electron chi connectivity index (χ0n) is 15.2. The van der Waals surface area contributed by atoms with Gasteiger partial charge in [0.2, 0.25) is 5.78 Å². The van der Waals surface area contributed by atoms with E-state index in [9.17, 15) is 9.59 Å². The number of rotatable bonds is 7. The van der Waals surface area contributed by atoms with Gasteiger partial charge in [-0.1, -0.05) is 30.3 Å². The third-order valence-electron chi connectivity index (χ3n) is 4.01. The molecule has 0 unspecified atom stereocenters. The SMILES string of the molecule is Cc1cc(C(=O)COC(=O)c2ccc(OCc3ccccc3)cc2)c(C)s1. The Kier molecular flexibility index (Phi) is 6.04. The minimum absolute atomic E-state index is 0.187. The molecule has 1 aromatic heterocycles. The third kappa shape index (κ3) is 5.05. The van der Waals surface area contributed by atoms with Crippen molar-refractivity contribution in [2.24, 2.45) is 0 Å². The standard InChI is InChI=1S/C22H20O4S/c1-15-12-20(16(2)27-15)21(23)14-26-22(24)18-8-10-19(11-9-18)25-13-17-6-4-3-5-7-17/h3-12H,13-14H2,1-2H3. The van der Waals surface area contributed by atoms with Crippen LogP contribution in [0.2, 0.25) is 0 Å². The van der Waals surface area contributed by atoms with Crippen LogP contribution in [0.4, 0.5) is 0 Å². The summed E-state index contributed by atoms with van der Waals surface area (Å²) in [4.78, 5) is 26.3. The minimum Gasteiger partial charge on any atom is -0.489 e. The van der Waals surface area contributed by atoms with Crippen LogP contribution in [0.15, 0.2) is 60.7 Å². The Bertz CT molecular complexity index is 927. The lowest BCUT2D eigenvalue weighted by Gasteiger charge is -2.08. The summed E-state index contributed by atoms with van der Waals surface area (Å²) in [6, 6.07) is 18.4. The molecular weight excluding hydrogens is 360 g/mol. The molecule has 5 heteroatoms. The maximum Gasteiger partial charge on any atom is 0.338 e. The van der Waals surface area contributed by atoms with Crippen molar-refractivity contribution in [1.29, 1.82) is 0 Å². The van der Waals surface area contributed by atoms with E-state index in [1.807, 2.05) is 50.2 Å². The van der Waals surface area contributed by atoms with Crippen LogP contribution in [0.5, 0.6) is 5.75 Å². The van der Waals surface area contributed by atoms with E-state index in [-0.39, 0.29) is 12.4 Å². The van der Waals surface area contributed by atoms with E-state index in [4.69, 9.17) is 9.47 Å². The van der Waals surface area contributed by atoms with Gasteiger partial charge in [-0.25, -0.2) is 4.79 Å². The van der Waals surface area contributed by atoms with Gasteiger partial charge in [0.25, 0.3) is 0 Å². The zero-order chi connectivity index (χ0) is 19.2. The molecule has 0 aliphatic rings. The second-order valence-corrected chi connectivity index (χ2v) is 7.59. The lowest BCUT2D eigenvalue weighted by atomic mass is 10.1. The first kappa shape index (κ1) is 18.9. The van der Waals surface area contributed by atoms with Crippen molar-refractivity contribution in [2.75, 3.05) is 6.61 Å². The molecule has 3 aromatic rings. The highest BCUT2D eigenvalue weighted by atomic mass is 32.1. The lowest BCUT2D eigenvalue weighted by Crippen LogP contribution is -2.14. The first-order valence-electron chi connectivity index (χ1n) is 8.57. The van der Waals surface area contributed by atoms with Gasteiger partial charge < -0.3 is 9.47 Å². The van der Waals surface area contributed by atoms with E-state index in [0.29, 0.717) is 23.5 Å². The molecule has 0 saturated heterocycles. The topological polar surface area (TPSA) is 52.6 Å². The molecule has 0 saturated carbocycles. The molecule has 138 valence electrons. The van der Waals surface area contributed by atoms with Gasteiger partial charge in [0.05, 0.1) is 5.56 Å². The molecule has 0 bridgehead atoms. The molecule has 27 heavy (non-hydrogen) atoms. The summed E-state index contributed by atoms with van der Waals surface area (Å²) in [6.45, 7) is 4.03. The van der Waals surface area contributed by atoms with Crippen molar-refractivity contribution in [1.82, 2.24) is 0 Å². The Balaban J connectivity index is 1.53. The summed E-state index contributed by atoms with van der Waals surface area (Å²) in [6.07, 6.45) is 0.